The smallest absolute Gasteiger partial charge is 0.330 e. The van der Waals surface area contributed by atoms with Gasteiger partial charge in [-0.25, -0.2) is 4.79 Å². The summed E-state index contributed by atoms with van der Waals surface area (Å²) in [6.45, 7) is 1.91. The Morgan fingerprint density at radius 3 is 2.89 bits per heavy atom. The van der Waals surface area contributed by atoms with Crippen molar-refractivity contribution in [3.63, 3.8) is 0 Å². The normalized spacial score (nSPS) is 27.9. The zero-order valence-electron chi connectivity index (χ0n) is 9.94. The molecule has 7 heteroatoms. The molecule has 18 heavy (non-hydrogen) atoms. The van der Waals surface area contributed by atoms with E-state index in [9.17, 15) is 9.59 Å². The number of nitrogens with one attached hydrogen (secondary N) is 1. The number of aromatic amines is 1. The topological polar surface area (TPSA) is 105 Å². The zero-order chi connectivity index (χ0) is 13.3. The van der Waals surface area contributed by atoms with Gasteiger partial charge in [0.05, 0.1) is 6.10 Å². The molecule has 7 nitrogen and oxygen atoms in total. The van der Waals surface area contributed by atoms with Crippen LogP contribution < -0.4 is 11.2 Å². The van der Waals surface area contributed by atoms with Gasteiger partial charge in [-0.3, -0.25) is 14.3 Å². The molecule has 1 aliphatic heterocycles. The lowest BCUT2D eigenvalue weighted by Gasteiger charge is -2.18. The first-order chi connectivity index (χ1) is 8.47. The van der Waals surface area contributed by atoms with Crippen molar-refractivity contribution in [2.75, 3.05) is 0 Å². The van der Waals surface area contributed by atoms with Crippen molar-refractivity contribution in [1.82, 2.24) is 9.55 Å². The number of hydrogen-bond acceptors (Lipinski definition) is 5. The van der Waals surface area contributed by atoms with Crippen LogP contribution in [-0.4, -0.2) is 32.2 Å². The Balaban J connectivity index is 2.19. The fraction of sp³-hybridized carbons (Fsp3) is 0.636. The predicted octanol–water partition coefficient (Wildman–Crippen LogP) is -0.839. The van der Waals surface area contributed by atoms with Crippen LogP contribution in [0.2, 0.25) is 0 Å². The number of H-pyrrole nitrogens is 1. The van der Waals surface area contributed by atoms with Gasteiger partial charge in [-0.15, -0.1) is 0 Å². The summed E-state index contributed by atoms with van der Waals surface area (Å²) in [5.74, 6) is 0.0531. The van der Waals surface area contributed by atoms with Crippen LogP contribution in [0.4, 0.5) is 0 Å². The average Bonchev–Trinajstić information content (AvgIpc) is 2.58. The quantitative estimate of drug-likeness (QED) is 0.612. The fourth-order valence-electron chi connectivity index (χ4n) is 2.27. The molecule has 2 heterocycles. The predicted molar refractivity (Wildman–Crippen MR) is 61.9 cm³/mol. The minimum Gasteiger partial charge on any atom is -0.368 e. The van der Waals surface area contributed by atoms with E-state index in [4.69, 9.17) is 14.9 Å². The molecule has 0 aromatic carbocycles. The molecule has 1 saturated heterocycles. The Morgan fingerprint density at radius 2 is 2.28 bits per heavy atom. The van der Waals surface area contributed by atoms with E-state index in [0.717, 1.165) is 0 Å². The third-order valence-corrected chi connectivity index (χ3v) is 3.05. The molecule has 2 rings (SSSR count). The highest BCUT2D eigenvalue weighted by Crippen LogP contribution is 2.34. The Bertz CT molecular complexity index is 521. The van der Waals surface area contributed by atoms with Crippen LogP contribution >= 0.6 is 0 Å². The first-order valence-electron chi connectivity index (χ1n) is 5.80. The molecule has 3 N–H and O–H groups in total. The molecule has 1 aromatic heterocycles. The monoisotopic (exact) mass is 256 g/mol. The largest absolute Gasteiger partial charge is 0.368 e. The van der Waals surface area contributed by atoms with E-state index in [-0.39, 0.29) is 18.4 Å². The summed E-state index contributed by atoms with van der Waals surface area (Å²) in [5.41, 5.74) is -0.978. The van der Waals surface area contributed by atoms with Crippen LogP contribution in [0.5, 0.6) is 0 Å². The maximum atomic E-state index is 11.6. The third-order valence-electron chi connectivity index (χ3n) is 3.05. The maximum absolute atomic E-state index is 11.6. The van der Waals surface area contributed by atoms with Crippen molar-refractivity contribution in [3.8, 4) is 0 Å². The zero-order valence-corrected chi connectivity index (χ0v) is 9.94. The van der Waals surface area contributed by atoms with Crippen LogP contribution in [0.1, 0.15) is 26.0 Å². The van der Waals surface area contributed by atoms with Crippen molar-refractivity contribution in [2.45, 2.75) is 38.4 Å². The first kappa shape index (κ1) is 13.0. The van der Waals surface area contributed by atoms with Gasteiger partial charge in [-0.1, -0.05) is 6.92 Å². The molecule has 0 radical (unpaired) electrons. The van der Waals surface area contributed by atoms with Crippen LogP contribution in [0.25, 0.3) is 0 Å². The van der Waals surface area contributed by atoms with E-state index in [1.165, 1.54) is 16.8 Å². The minimum atomic E-state index is -1.42. The number of hydrogen-bond donors (Lipinski definition) is 3. The van der Waals surface area contributed by atoms with Crippen molar-refractivity contribution in [2.24, 2.45) is 5.92 Å². The van der Waals surface area contributed by atoms with E-state index in [1.54, 1.807) is 0 Å². The van der Waals surface area contributed by atoms with Crippen LogP contribution in [0.3, 0.4) is 0 Å². The van der Waals surface area contributed by atoms with Gasteiger partial charge in [-0.2, -0.15) is 0 Å². The Hall–Kier alpha value is -1.44. The van der Waals surface area contributed by atoms with E-state index >= 15 is 0 Å². The van der Waals surface area contributed by atoms with Gasteiger partial charge in [0.1, 0.15) is 6.23 Å². The second kappa shape index (κ2) is 5.05. The molecule has 0 aliphatic carbocycles. The SMILES string of the molecule is CC1CC(CC(O)O)OC1n1ccc(=O)[nH]c1=O. The lowest BCUT2D eigenvalue weighted by Crippen LogP contribution is -2.33. The molecule has 1 fully saturated rings. The van der Waals surface area contributed by atoms with Crippen molar-refractivity contribution in [1.29, 1.82) is 0 Å². The molecular formula is C11H16N2O5. The molecule has 1 aliphatic rings. The lowest BCUT2D eigenvalue weighted by atomic mass is 10.0. The second-order valence-corrected chi connectivity index (χ2v) is 4.60. The Labute approximate surface area is 103 Å². The number of aromatic nitrogens is 2. The first-order valence-corrected chi connectivity index (χ1v) is 5.80. The lowest BCUT2D eigenvalue weighted by molar-refractivity contribution is -0.0924. The van der Waals surface area contributed by atoms with Gasteiger partial charge in [0.25, 0.3) is 5.56 Å². The van der Waals surface area contributed by atoms with Crippen molar-refractivity contribution >= 4 is 0 Å². The summed E-state index contributed by atoms with van der Waals surface area (Å²) >= 11 is 0. The molecule has 1 aromatic rings. The highest BCUT2D eigenvalue weighted by molar-refractivity contribution is 4.87. The summed E-state index contributed by atoms with van der Waals surface area (Å²) in [5, 5.41) is 17.8. The van der Waals surface area contributed by atoms with Crippen LogP contribution in [0, 0.1) is 5.92 Å². The van der Waals surface area contributed by atoms with Gasteiger partial charge in [0.2, 0.25) is 0 Å². The summed E-state index contributed by atoms with van der Waals surface area (Å²) in [6, 6.07) is 1.26. The highest BCUT2D eigenvalue weighted by Gasteiger charge is 2.34. The molecule has 3 atom stereocenters. The summed E-state index contributed by atoms with van der Waals surface area (Å²) in [6.07, 6.45) is -0.0810. The second-order valence-electron chi connectivity index (χ2n) is 4.60. The molecule has 3 unspecified atom stereocenters. The van der Waals surface area contributed by atoms with E-state index < -0.39 is 23.8 Å². The molecule has 0 bridgehead atoms. The van der Waals surface area contributed by atoms with Crippen LogP contribution in [-0.2, 0) is 4.74 Å². The average molecular weight is 256 g/mol. The third kappa shape index (κ3) is 2.69. The summed E-state index contributed by atoms with van der Waals surface area (Å²) < 4.78 is 6.93. The fourth-order valence-corrected chi connectivity index (χ4v) is 2.27. The van der Waals surface area contributed by atoms with Crippen molar-refractivity contribution in [3.05, 3.63) is 33.1 Å². The van der Waals surface area contributed by atoms with E-state index in [0.29, 0.717) is 6.42 Å². The summed E-state index contributed by atoms with van der Waals surface area (Å²) in [7, 11) is 0. The number of aliphatic hydroxyl groups excluding tert-OH is 1. The van der Waals surface area contributed by atoms with Gasteiger partial charge >= 0.3 is 5.69 Å². The standard InChI is InChI=1S/C11H16N2O5/c1-6-4-7(5-9(15)16)18-10(6)13-3-2-8(14)12-11(13)17/h2-3,6-7,9-10,15-16H,4-5H2,1H3,(H,12,14,17). The number of aliphatic hydroxyl groups is 2. The van der Waals surface area contributed by atoms with E-state index in [2.05, 4.69) is 4.98 Å². The molecular weight excluding hydrogens is 240 g/mol. The summed E-state index contributed by atoms with van der Waals surface area (Å²) in [4.78, 5) is 24.8. The number of ether oxygens (including phenoxy) is 1. The number of rotatable bonds is 3. The maximum Gasteiger partial charge on any atom is 0.330 e. The van der Waals surface area contributed by atoms with Crippen molar-refractivity contribution < 1.29 is 14.9 Å². The molecule has 0 spiro atoms. The van der Waals surface area contributed by atoms with E-state index in [1.807, 2.05) is 6.92 Å². The van der Waals surface area contributed by atoms with Gasteiger partial charge in [0.15, 0.2) is 6.29 Å². The highest BCUT2D eigenvalue weighted by atomic mass is 16.5. The van der Waals surface area contributed by atoms with Gasteiger partial charge < -0.3 is 14.9 Å². The van der Waals surface area contributed by atoms with Crippen LogP contribution in [0.15, 0.2) is 21.9 Å². The minimum absolute atomic E-state index is 0.0531. The molecule has 0 amide bonds. The van der Waals surface area contributed by atoms with Gasteiger partial charge in [0, 0.05) is 24.6 Å². The molecule has 0 saturated carbocycles. The molecule has 100 valence electrons. The Morgan fingerprint density at radius 1 is 1.56 bits per heavy atom. The number of nitrogens with zero attached hydrogens (tertiary/aromatic N) is 1. The van der Waals surface area contributed by atoms with Gasteiger partial charge in [-0.05, 0) is 6.42 Å². The Kier molecular flexibility index (Phi) is 3.65.